The number of nitrogens with zero attached hydrogens (tertiary/aromatic N) is 2. The summed E-state index contributed by atoms with van der Waals surface area (Å²) in [5, 5.41) is 0. The normalized spacial score (nSPS) is 30.2. The van der Waals surface area contributed by atoms with Gasteiger partial charge in [0.15, 0.2) is 11.6 Å². The Morgan fingerprint density at radius 1 is 1.04 bits per heavy atom. The zero-order valence-electron chi connectivity index (χ0n) is 15.9. The highest BCUT2D eigenvalue weighted by atomic mass is 32.2. The first-order valence-corrected chi connectivity index (χ1v) is 11.5. The third kappa shape index (κ3) is 3.61. The molecule has 2 aliphatic heterocycles. The smallest absolute Gasteiger partial charge is 0.243 e. The van der Waals surface area contributed by atoms with E-state index in [-0.39, 0.29) is 10.6 Å². The van der Waals surface area contributed by atoms with Gasteiger partial charge in [0, 0.05) is 19.1 Å². The minimum atomic E-state index is -3.69. The molecule has 2 bridgehead atoms. The van der Waals surface area contributed by atoms with Crippen molar-refractivity contribution in [3.8, 4) is 5.75 Å². The van der Waals surface area contributed by atoms with E-state index in [2.05, 4.69) is 4.90 Å². The highest BCUT2D eigenvalue weighted by molar-refractivity contribution is 7.89. The van der Waals surface area contributed by atoms with Gasteiger partial charge in [-0.15, -0.1) is 0 Å². The number of sulfonamides is 1. The first-order valence-electron chi connectivity index (χ1n) is 10.1. The van der Waals surface area contributed by atoms with Crippen LogP contribution in [0.2, 0.25) is 0 Å². The lowest BCUT2D eigenvalue weighted by atomic mass is 9.73. The van der Waals surface area contributed by atoms with Gasteiger partial charge in [-0.25, -0.2) is 12.8 Å². The fraction of sp³-hybridized carbons (Fsp3) is 0.700. The maximum Gasteiger partial charge on any atom is 0.243 e. The Morgan fingerprint density at radius 2 is 1.70 bits per heavy atom. The van der Waals surface area contributed by atoms with Crippen molar-refractivity contribution in [3.05, 3.63) is 24.0 Å². The van der Waals surface area contributed by atoms with Gasteiger partial charge in [-0.1, -0.05) is 12.8 Å². The molecule has 2 saturated heterocycles. The Balaban J connectivity index is 1.56. The largest absolute Gasteiger partial charge is 0.494 e. The first kappa shape index (κ1) is 19.2. The van der Waals surface area contributed by atoms with Crippen molar-refractivity contribution in [2.75, 3.05) is 33.3 Å². The fourth-order valence-electron chi connectivity index (χ4n) is 5.33. The summed E-state index contributed by atoms with van der Waals surface area (Å²) in [6, 6.07) is 4.44. The third-order valence-corrected chi connectivity index (χ3v) is 8.39. The second kappa shape index (κ2) is 7.68. The molecule has 0 aromatic heterocycles. The summed E-state index contributed by atoms with van der Waals surface area (Å²) in [4.78, 5) is 2.64. The summed E-state index contributed by atoms with van der Waals surface area (Å²) in [5.74, 6) is 0.193. The van der Waals surface area contributed by atoms with Crippen LogP contribution in [-0.4, -0.2) is 57.0 Å². The molecule has 1 aromatic carbocycles. The van der Waals surface area contributed by atoms with E-state index in [4.69, 9.17) is 4.74 Å². The molecule has 0 amide bonds. The van der Waals surface area contributed by atoms with Crippen LogP contribution >= 0.6 is 0 Å². The quantitative estimate of drug-likeness (QED) is 0.785. The molecule has 2 heterocycles. The van der Waals surface area contributed by atoms with Crippen LogP contribution in [0.3, 0.4) is 0 Å². The summed E-state index contributed by atoms with van der Waals surface area (Å²) in [6.07, 6.45) is 7.17. The standard InChI is InChI=1S/C20H29FN2O3S/c1-26-19-9-8-17(12-18(19)21)27(24,25)23-13-15-6-5-7-16(14-23)20(15)22-10-3-2-4-11-22/h8-9,12,15-16,20H,2-7,10-11,13-14H2,1H3/t15-,16+,20?. The second-order valence-electron chi connectivity index (χ2n) is 8.16. The van der Waals surface area contributed by atoms with Gasteiger partial charge in [0.25, 0.3) is 0 Å². The second-order valence-corrected chi connectivity index (χ2v) is 10.1. The molecule has 150 valence electrons. The molecular weight excluding hydrogens is 367 g/mol. The zero-order chi connectivity index (χ0) is 19.0. The zero-order valence-corrected chi connectivity index (χ0v) is 16.8. The van der Waals surface area contributed by atoms with Gasteiger partial charge in [-0.05, 0) is 68.8 Å². The van der Waals surface area contributed by atoms with Crippen molar-refractivity contribution >= 4 is 10.0 Å². The van der Waals surface area contributed by atoms with E-state index in [1.54, 1.807) is 4.31 Å². The van der Waals surface area contributed by atoms with E-state index >= 15 is 0 Å². The lowest BCUT2D eigenvalue weighted by Crippen LogP contribution is -2.59. The number of halogens is 1. The van der Waals surface area contributed by atoms with E-state index in [0.717, 1.165) is 32.0 Å². The number of rotatable bonds is 4. The van der Waals surface area contributed by atoms with E-state index < -0.39 is 15.8 Å². The van der Waals surface area contributed by atoms with Crippen LogP contribution in [0.1, 0.15) is 38.5 Å². The predicted octanol–water partition coefficient (Wildman–Crippen LogP) is 3.11. The Kier molecular flexibility index (Phi) is 5.45. The van der Waals surface area contributed by atoms with E-state index in [1.165, 1.54) is 44.9 Å². The van der Waals surface area contributed by atoms with Crippen molar-refractivity contribution in [2.24, 2.45) is 11.8 Å². The average molecular weight is 397 g/mol. The molecule has 0 N–H and O–H groups in total. The Labute approximate surface area is 161 Å². The molecule has 1 aromatic rings. The summed E-state index contributed by atoms with van der Waals surface area (Å²) in [5.41, 5.74) is 0. The van der Waals surface area contributed by atoms with Crippen molar-refractivity contribution in [1.82, 2.24) is 9.21 Å². The summed E-state index contributed by atoms with van der Waals surface area (Å²) in [6.45, 7) is 3.39. The number of hydrogen-bond acceptors (Lipinski definition) is 4. The van der Waals surface area contributed by atoms with E-state index in [0.29, 0.717) is 31.0 Å². The molecule has 1 aliphatic carbocycles. The van der Waals surface area contributed by atoms with Gasteiger partial charge < -0.3 is 4.74 Å². The monoisotopic (exact) mass is 396 g/mol. The van der Waals surface area contributed by atoms with Crippen LogP contribution < -0.4 is 4.74 Å². The Hall–Kier alpha value is -1.18. The fourth-order valence-corrected chi connectivity index (χ4v) is 6.90. The maximum absolute atomic E-state index is 14.1. The first-order chi connectivity index (χ1) is 13.0. The van der Waals surface area contributed by atoms with Gasteiger partial charge in [0.05, 0.1) is 12.0 Å². The van der Waals surface area contributed by atoms with Crippen LogP contribution in [0, 0.1) is 17.7 Å². The molecule has 4 rings (SSSR count). The van der Waals surface area contributed by atoms with Crippen LogP contribution in [0.5, 0.6) is 5.75 Å². The van der Waals surface area contributed by atoms with Gasteiger partial charge in [-0.3, -0.25) is 4.90 Å². The van der Waals surface area contributed by atoms with Gasteiger partial charge >= 0.3 is 0 Å². The highest BCUT2D eigenvalue weighted by Gasteiger charge is 2.45. The van der Waals surface area contributed by atoms with Crippen LogP contribution in [-0.2, 0) is 10.0 Å². The van der Waals surface area contributed by atoms with E-state index in [9.17, 15) is 12.8 Å². The molecule has 7 heteroatoms. The minimum absolute atomic E-state index is 0.0234. The number of methoxy groups -OCH3 is 1. The molecule has 3 aliphatic rings. The van der Waals surface area contributed by atoms with Crippen molar-refractivity contribution in [2.45, 2.75) is 49.5 Å². The van der Waals surface area contributed by atoms with Crippen LogP contribution in [0.25, 0.3) is 0 Å². The molecular formula is C20H29FN2O3S. The van der Waals surface area contributed by atoms with Gasteiger partial charge in [0.2, 0.25) is 10.0 Å². The lowest BCUT2D eigenvalue weighted by Gasteiger charge is -2.52. The topological polar surface area (TPSA) is 49.9 Å². The van der Waals surface area contributed by atoms with Crippen LogP contribution in [0.4, 0.5) is 4.39 Å². The number of ether oxygens (including phenoxy) is 1. The molecule has 3 atom stereocenters. The van der Waals surface area contributed by atoms with E-state index in [1.807, 2.05) is 0 Å². The Bertz CT molecular complexity index is 765. The molecule has 3 fully saturated rings. The van der Waals surface area contributed by atoms with Gasteiger partial charge in [-0.2, -0.15) is 4.31 Å². The number of benzene rings is 1. The van der Waals surface area contributed by atoms with Crippen molar-refractivity contribution in [1.29, 1.82) is 0 Å². The molecule has 0 radical (unpaired) electrons. The van der Waals surface area contributed by atoms with Crippen molar-refractivity contribution in [3.63, 3.8) is 0 Å². The summed E-state index contributed by atoms with van der Waals surface area (Å²) >= 11 is 0. The summed E-state index contributed by atoms with van der Waals surface area (Å²) < 4.78 is 46.9. The van der Waals surface area contributed by atoms with Gasteiger partial charge in [0.1, 0.15) is 0 Å². The molecule has 5 nitrogen and oxygen atoms in total. The number of hydrogen-bond donors (Lipinski definition) is 0. The SMILES string of the molecule is COc1ccc(S(=O)(=O)N2C[C@H]3CCC[C@@H](C2)C3N2CCCCC2)cc1F. The number of fused-ring (bicyclic) bond motifs is 2. The van der Waals surface area contributed by atoms with Crippen molar-refractivity contribution < 1.29 is 17.5 Å². The molecule has 0 spiro atoms. The average Bonchev–Trinajstić information content (AvgIpc) is 2.67. The third-order valence-electron chi connectivity index (χ3n) is 6.57. The minimum Gasteiger partial charge on any atom is -0.494 e. The summed E-state index contributed by atoms with van der Waals surface area (Å²) in [7, 11) is -2.31. The molecule has 27 heavy (non-hydrogen) atoms. The Morgan fingerprint density at radius 3 is 2.30 bits per heavy atom. The predicted molar refractivity (Wildman–Crippen MR) is 102 cm³/mol. The number of likely N-dealkylation sites (tertiary alicyclic amines) is 1. The maximum atomic E-state index is 14.1. The van der Waals surface area contributed by atoms with Crippen LogP contribution in [0.15, 0.2) is 23.1 Å². The lowest BCUT2D eigenvalue weighted by molar-refractivity contribution is -0.00311. The molecule has 1 saturated carbocycles. The highest BCUT2D eigenvalue weighted by Crippen LogP contribution is 2.40. The molecule has 1 unspecified atom stereocenters. The number of piperidine rings is 2.